The first-order valence-electron chi connectivity index (χ1n) is 8.81. The molecule has 1 aliphatic rings. The Morgan fingerprint density at radius 2 is 1.93 bits per heavy atom. The topological polar surface area (TPSA) is 55.8 Å². The molecule has 5 nitrogen and oxygen atoms in total. The Kier molecular flexibility index (Phi) is 6.31. The van der Waals surface area contributed by atoms with Crippen LogP contribution in [0.1, 0.15) is 25.8 Å². The number of anilines is 1. The van der Waals surface area contributed by atoms with E-state index in [4.69, 9.17) is 21.1 Å². The summed E-state index contributed by atoms with van der Waals surface area (Å²) in [6.45, 7) is 3.96. The fraction of sp³-hybridized carbons (Fsp3) is 0.238. The maximum absolute atomic E-state index is 12.7. The number of hydrogen-bond acceptors (Lipinski definition) is 5. The number of amides is 2. The predicted molar refractivity (Wildman–Crippen MR) is 113 cm³/mol. The van der Waals surface area contributed by atoms with Gasteiger partial charge in [-0.3, -0.25) is 9.59 Å². The van der Waals surface area contributed by atoms with Crippen molar-refractivity contribution < 1.29 is 19.1 Å². The van der Waals surface area contributed by atoms with Gasteiger partial charge in [-0.05, 0) is 61.0 Å². The second kappa shape index (κ2) is 8.71. The fourth-order valence-corrected chi connectivity index (χ4v) is 3.75. The molecule has 0 spiro atoms. The monoisotopic (exact) mass is 417 g/mol. The van der Waals surface area contributed by atoms with Crippen LogP contribution in [0.4, 0.5) is 10.5 Å². The van der Waals surface area contributed by atoms with Gasteiger partial charge in [0.25, 0.3) is 11.1 Å². The summed E-state index contributed by atoms with van der Waals surface area (Å²) >= 11 is 7.28. The zero-order valence-electron chi connectivity index (χ0n) is 15.8. The van der Waals surface area contributed by atoms with Crippen molar-refractivity contribution in [3.8, 4) is 11.5 Å². The number of rotatable bonds is 6. The highest BCUT2D eigenvalue weighted by Gasteiger charge is 2.36. The van der Waals surface area contributed by atoms with Gasteiger partial charge in [0.05, 0.1) is 28.8 Å². The molecule has 0 saturated carbocycles. The maximum atomic E-state index is 12.7. The molecule has 2 aromatic rings. The third-order valence-electron chi connectivity index (χ3n) is 4.25. The quantitative estimate of drug-likeness (QED) is 0.558. The van der Waals surface area contributed by atoms with Crippen molar-refractivity contribution in [3.05, 3.63) is 58.0 Å². The summed E-state index contributed by atoms with van der Waals surface area (Å²) in [7, 11) is 1.53. The van der Waals surface area contributed by atoms with Crippen LogP contribution in [0, 0.1) is 0 Å². The Bertz CT molecular complexity index is 930. The molecule has 3 rings (SSSR count). The van der Waals surface area contributed by atoms with Gasteiger partial charge in [0, 0.05) is 0 Å². The van der Waals surface area contributed by atoms with E-state index in [9.17, 15) is 9.59 Å². The molecule has 7 heteroatoms. The average molecular weight is 418 g/mol. The number of hydrogen-bond donors (Lipinski definition) is 0. The van der Waals surface area contributed by atoms with Crippen LogP contribution in [0.3, 0.4) is 0 Å². The Hall–Kier alpha value is -2.44. The van der Waals surface area contributed by atoms with E-state index in [2.05, 4.69) is 0 Å². The second-order valence-electron chi connectivity index (χ2n) is 6.22. The van der Waals surface area contributed by atoms with Gasteiger partial charge >= 0.3 is 0 Å². The van der Waals surface area contributed by atoms with Gasteiger partial charge in [0.15, 0.2) is 11.5 Å². The first kappa shape index (κ1) is 20.3. The zero-order valence-corrected chi connectivity index (χ0v) is 17.3. The first-order valence-corrected chi connectivity index (χ1v) is 10.0. The van der Waals surface area contributed by atoms with E-state index >= 15 is 0 Å². The number of para-hydroxylation sites is 1. The van der Waals surface area contributed by atoms with Crippen molar-refractivity contribution >= 4 is 46.3 Å². The van der Waals surface area contributed by atoms with Crippen LogP contribution < -0.4 is 14.4 Å². The summed E-state index contributed by atoms with van der Waals surface area (Å²) in [6, 6.07) is 12.3. The van der Waals surface area contributed by atoms with Crippen molar-refractivity contribution in [1.29, 1.82) is 0 Å². The summed E-state index contributed by atoms with van der Waals surface area (Å²) in [5.74, 6) is 0.575. The number of halogens is 1. The van der Waals surface area contributed by atoms with Gasteiger partial charge in [-0.2, -0.15) is 0 Å². The third-order valence-corrected chi connectivity index (χ3v) is 5.40. The number of nitrogens with zero attached hydrogens (tertiary/aromatic N) is 1. The molecule has 2 amide bonds. The molecular weight excluding hydrogens is 398 g/mol. The van der Waals surface area contributed by atoms with Crippen LogP contribution in [0.2, 0.25) is 5.02 Å². The number of imide groups is 1. The van der Waals surface area contributed by atoms with Crippen LogP contribution in [0.15, 0.2) is 47.4 Å². The number of carbonyl (C=O) groups is 2. The minimum absolute atomic E-state index is 0.0142. The van der Waals surface area contributed by atoms with Crippen LogP contribution >= 0.6 is 23.4 Å². The van der Waals surface area contributed by atoms with Gasteiger partial charge in [0.2, 0.25) is 0 Å². The lowest BCUT2D eigenvalue weighted by Crippen LogP contribution is -2.27. The third kappa shape index (κ3) is 4.18. The van der Waals surface area contributed by atoms with Crippen molar-refractivity contribution in [1.82, 2.24) is 0 Å². The minimum atomic E-state index is -0.365. The summed E-state index contributed by atoms with van der Waals surface area (Å²) in [5, 5.41) is 0.0467. The minimum Gasteiger partial charge on any atom is -0.493 e. The number of carbonyl (C=O) groups excluding carboxylic acids is 2. The lowest BCUT2D eigenvalue weighted by Gasteiger charge is -2.17. The highest BCUT2D eigenvalue weighted by molar-refractivity contribution is 8.19. The van der Waals surface area contributed by atoms with E-state index in [1.165, 1.54) is 7.11 Å². The fourth-order valence-electron chi connectivity index (χ4n) is 2.64. The lowest BCUT2D eigenvalue weighted by molar-refractivity contribution is -0.113. The van der Waals surface area contributed by atoms with Gasteiger partial charge < -0.3 is 9.47 Å². The summed E-state index contributed by atoms with van der Waals surface area (Å²) in [6.07, 6.45) is 2.45. The average Bonchev–Trinajstić information content (AvgIpc) is 2.97. The number of ether oxygens (including phenoxy) is 2. The highest BCUT2D eigenvalue weighted by Crippen LogP contribution is 2.40. The highest BCUT2D eigenvalue weighted by atomic mass is 35.5. The molecular formula is C21H20ClNO4S. The Morgan fingerprint density at radius 1 is 1.21 bits per heavy atom. The number of benzene rings is 2. The molecule has 0 aromatic heterocycles. The molecule has 1 saturated heterocycles. The molecule has 1 heterocycles. The zero-order chi connectivity index (χ0) is 20.3. The summed E-state index contributed by atoms with van der Waals surface area (Å²) < 4.78 is 11.2. The summed E-state index contributed by atoms with van der Waals surface area (Å²) in [5.41, 5.74) is 1.19. The second-order valence-corrected chi connectivity index (χ2v) is 7.62. The lowest BCUT2D eigenvalue weighted by atomic mass is 10.1. The molecule has 0 N–H and O–H groups in total. The van der Waals surface area contributed by atoms with E-state index in [1.54, 1.807) is 42.5 Å². The molecule has 0 aliphatic carbocycles. The van der Waals surface area contributed by atoms with Crippen molar-refractivity contribution in [2.45, 2.75) is 26.4 Å². The van der Waals surface area contributed by atoms with Crippen LogP contribution in [0.25, 0.3) is 6.08 Å². The normalized spacial score (nSPS) is 16.6. The molecule has 1 atom stereocenters. The Balaban J connectivity index is 1.92. The molecule has 0 unspecified atom stereocenters. The van der Waals surface area contributed by atoms with E-state index in [-0.39, 0.29) is 17.3 Å². The van der Waals surface area contributed by atoms with Gasteiger partial charge in [0.1, 0.15) is 0 Å². The van der Waals surface area contributed by atoms with Crippen molar-refractivity contribution in [3.63, 3.8) is 0 Å². The van der Waals surface area contributed by atoms with Crippen molar-refractivity contribution in [2.75, 3.05) is 12.0 Å². The molecule has 1 fully saturated rings. The largest absolute Gasteiger partial charge is 0.493 e. The van der Waals surface area contributed by atoms with Crippen LogP contribution in [-0.2, 0) is 4.79 Å². The maximum Gasteiger partial charge on any atom is 0.298 e. The molecule has 1 aliphatic heterocycles. The Labute approximate surface area is 173 Å². The van der Waals surface area contributed by atoms with E-state index < -0.39 is 0 Å². The first-order chi connectivity index (χ1) is 13.4. The van der Waals surface area contributed by atoms with E-state index in [1.807, 2.05) is 19.9 Å². The number of thioether (sulfide) groups is 1. The SMILES string of the molecule is CC[C@H](C)Oc1c(Cl)cc(/C=C2/SC(=O)N(c3ccccc3)C2=O)cc1OC. The van der Waals surface area contributed by atoms with Gasteiger partial charge in [-0.1, -0.05) is 36.7 Å². The van der Waals surface area contributed by atoms with Gasteiger partial charge in [-0.25, -0.2) is 4.90 Å². The summed E-state index contributed by atoms with van der Waals surface area (Å²) in [4.78, 5) is 26.6. The van der Waals surface area contributed by atoms with Gasteiger partial charge in [-0.15, -0.1) is 0 Å². The van der Waals surface area contributed by atoms with Crippen LogP contribution in [-0.4, -0.2) is 24.4 Å². The smallest absolute Gasteiger partial charge is 0.298 e. The van der Waals surface area contributed by atoms with Crippen molar-refractivity contribution in [2.24, 2.45) is 0 Å². The van der Waals surface area contributed by atoms with Crippen LogP contribution in [0.5, 0.6) is 11.5 Å². The predicted octanol–water partition coefficient (Wildman–Crippen LogP) is 5.77. The molecule has 28 heavy (non-hydrogen) atoms. The Morgan fingerprint density at radius 3 is 2.57 bits per heavy atom. The molecule has 0 bridgehead atoms. The van der Waals surface area contributed by atoms with E-state index in [0.29, 0.717) is 32.7 Å². The van der Waals surface area contributed by atoms with E-state index in [0.717, 1.165) is 23.1 Å². The molecule has 146 valence electrons. The molecule has 2 aromatic carbocycles. The standard InChI is InChI=1S/C21H20ClNO4S/c1-4-13(2)27-19-16(22)10-14(11-17(19)26-3)12-18-20(24)23(21(25)28-18)15-8-6-5-7-9-15/h5-13H,4H2,1-3H3/b18-12+/t13-/m0/s1. The molecule has 0 radical (unpaired) electrons. The number of methoxy groups -OCH3 is 1.